The van der Waals surface area contributed by atoms with Crippen LogP contribution in [0.1, 0.15) is 28.7 Å². The molecule has 2 rings (SSSR count). The number of aromatic nitrogens is 3. The first-order valence-electron chi connectivity index (χ1n) is 6.30. The Morgan fingerprint density at radius 2 is 2.05 bits per heavy atom. The van der Waals surface area contributed by atoms with Crippen LogP contribution >= 0.6 is 0 Å². The van der Waals surface area contributed by atoms with Gasteiger partial charge in [0, 0.05) is 38.2 Å². The van der Waals surface area contributed by atoms with Crippen molar-refractivity contribution in [1.82, 2.24) is 19.7 Å². The molecule has 0 aliphatic rings. The quantitative estimate of drug-likeness (QED) is 0.840. The maximum Gasteiger partial charge on any atom is 0.274 e. The predicted molar refractivity (Wildman–Crippen MR) is 72.6 cm³/mol. The maximum absolute atomic E-state index is 12.4. The molecule has 0 bridgehead atoms. The number of carbonyl (C=O) groups excluding carboxylic acids is 1. The van der Waals surface area contributed by atoms with E-state index in [9.17, 15) is 4.79 Å². The lowest BCUT2D eigenvalue weighted by Gasteiger charge is -2.19. The van der Waals surface area contributed by atoms with E-state index in [-0.39, 0.29) is 5.91 Å². The van der Waals surface area contributed by atoms with Gasteiger partial charge in [0.15, 0.2) is 5.69 Å². The molecule has 100 valence electrons. The van der Waals surface area contributed by atoms with Crippen LogP contribution in [0, 0.1) is 6.92 Å². The predicted octanol–water partition coefficient (Wildman–Crippen LogP) is 1.79. The van der Waals surface area contributed by atoms with Crippen LogP contribution in [0.5, 0.6) is 0 Å². The normalized spacial score (nSPS) is 10.5. The Bertz CT molecular complexity index is 543. The number of rotatable bonds is 4. The van der Waals surface area contributed by atoms with Crippen molar-refractivity contribution >= 4 is 5.91 Å². The van der Waals surface area contributed by atoms with Crippen molar-refractivity contribution < 1.29 is 4.79 Å². The molecule has 0 saturated carbocycles. The number of pyridine rings is 1. The topological polar surface area (TPSA) is 51.0 Å². The van der Waals surface area contributed by atoms with Gasteiger partial charge < -0.3 is 4.90 Å². The van der Waals surface area contributed by atoms with Crippen LogP contribution in [0.25, 0.3) is 0 Å². The van der Waals surface area contributed by atoms with Crippen LogP contribution in [-0.2, 0) is 13.6 Å². The lowest BCUT2D eigenvalue weighted by molar-refractivity contribution is 0.0746. The lowest BCUT2D eigenvalue weighted by Crippen LogP contribution is -2.30. The van der Waals surface area contributed by atoms with Crippen LogP contribution < -0.4 is 0 Å². The molecular formula is C14H18N4O. The monoisotopic (exact) mass is 258 g/mol. The van der Waals surface area contributed by atoms with Gasteiger partial charge in [-0.2, -0.15) is 5.10 Å². The molecule has 2 aromatic rings. The standard InChI is InChI=1S/C14H18N4O/c1-4-18(10-12-5-7-15-8-6-12)14(19)13-9-11(2)17(3)16-13/h5-9H,4,10H2,1-3H3. The summed E-state index contributed by atoms with van der Waals surface area (Å²) in [7, 11) is 1.84. The summed E-state index contributed by atoms with van der Waals surface area (Å²) in [5, 5.41) is 4.23. The zero-order valence-corrected chi connectivity index (χ0v) is 11.5. The summed E-state index contributed by atoms with van der Waals surface area (Å²) in [6, 6.07) is 5.65. The van der Waals surface area contributed by atoms with E-state index in [0.29, 0.717) is 18.8 Å². The van der Waals surface area contributed by atoms with E-state index >= 15 is 0 Å². The highest BCUT2D eigenvalue weighted by Crippen LogP contribution is 2.09. The van der Waals surface area contributed by atoms with Gasteiger partial charge in [0.2, 0.25) is 0 Å². The number of hydrogen-bond donors (Lipinski definition) is 0. The van der Waals surface area contributed by atoms with Crippen LogP contribution in [0.15, 0.2) is 30.6 Å². The number of nitrogens with zero attached hydrogens (tertiary/aromatic N) is 4. The third-order valence-electron chi connectivity index (χ3n) is 3.12. The highest BCUT2D eigenvalue weighted by atomic mass is 16.2. The molecule has 2 heterocycles. The summed E-state index contributed by atoms with van der Waals surface area (Å²) in [6.07, 6.45) is 3.47. The summed E-state index contributed by atoms with van der Waals surface area (Å²) in [5.41, 5.74) is 2.54. The Labute approximate surface area is 112 Å². The molecule has 19 heavy (non-hydrogen) atoms. The van der Waals surface area contributed by atoms with Crippen molar-refractivity contribution in [3.05, 3.63) is 47.5 Å². The molecule has 0 radical (unpaired) electrons. The Morgan fingerprint density at radius 1 is 1.37 bits per heavy atom. The maximum atomic E-state index is 12.4. The second-order valence-corrected chi connectivity index (χ2v) is 4.47. The largest absolute Gasteiger partial charge is 0.333 e. The van der Waals surface area contributed by atoms with E-state index in [1.54, 1.807) is 22.0 Å². The first-order chi connectivity index (χ1) is 9.11. The average molecular weight is 258 g/mol. The van der Waals surface area contributed by atoms with Crippen LogP contribution in [0.2, 0.25) is 0 Å². The van der Waals surface area contributed by atoms with E-state index in [1.807, 2.05) is 39.1 Å². The number of carbonyl (C=O) groups is 1. The van der Waals surface area contributed by atoms with Crippen LogP contribution in [0.4, 0.5) is 0 Å². The molecule has 0 unspecified atom stereocenters. The number of hydrogen-bond acceptors (Lipinski definition) is 3. The Morgan fingerprint density at radius 3 is 2.58 bits per heavy atom. The molecule has 0 saturated heterocycles. The van der Waals surface area contributed by atoms with Crippen molar-refractivity contribution in [2.75, 3.05) is 6.54 Å². The summed E-state index contributed by atoms with van der Waals surface area (Å²) < 4.78 is 1.72. The fourth-order valence-electron chi connectivity index (χ4n) is 1.86. The second-order valence-electron chi connectivity index (χ2n) is 4.47. The molecule has 0 aliphatic heterocycles. The molecule has 0 fully saturated rings. The van der Waals surface area contributed by atoms with Crippen molar-refractivity contribution in [1.29, 1.82) is 0 Å². The van der Waals surface area contributed by atoms with E-state index in [1.165, 1.54) is 0 Å². The summed E-state index contributed by atoms with van der Waals surface area (Å²) >= 11 is 0. The van der Waals surface area contributed by atoms with Gasteiger partial charge in [-0.05, 0) is 37.6 Å². The average Bonchev–Trinajstić information content (AvgIpc) is 2.76. The van der Waals surface area contributed by atoms with Gasteiger partial charge in [-0.1, -0.05) is 0 Å². The van der Waals surface area contributed by atoms with E-state index in [2.05, 4.69) is 10.1 Å². The van der Waals surface area contributed by atoms with Gasteiger partial charge >= 0.3 is 0 Å². The van der Waals surface area contributed by atoms with Crippen molar-refractivity contribution in [2.45, 2.75) is 20.4 Å². The Hall–Kier alpha value is -2.17. The van der Waals surface area contributed by atoms with Crippen molar-refractivity contribution in [2.24, 2.45) is 7.05 Å². The SMILES string of the molecule is CCN(Cc1ccncc1)C(=O)c1cc(C)n(C)n1. The smallest absolute Gasteiger partial charge is 0.274 e. The molecule has 1 amide bonds. The number of aryl methyl sites for hydroxylation is 2. The van der Waals surface area contributed by atoms with Gasteiger partial charge in [-0.25, -0.2) is 0 Å². The minimum atomic E-state index is -0.0389. The first kappa shape index (κ1) is 13.3. The fourth-order valence-corrected chi connectivity index (χ4v) is 1.86. The van der Waals surface area contributed by atoms with Crippen LogP contribution in [-0.4, -0.2) is 32.1 Å². The molecule has 0 spiro atoms. The number of amides is 1. The molecule has 0 aromatic carbocycles. The van der Waals surface area contributed by atoms with E-state index in [4.69, 9.17) is 0 Å². The van der Waals surface area contributed by atoms with Crippen molar-refractivity contribution in [3.63, 3.8) is 0 Å². The van der Waals surface area contributed by atoms with E-state index in [0.717, 1.165) is 11.3 Å². The molecule has 2 aromatic heterocycles. The van der Waals surface area contributed by atoms with Gasteiger partial charge in [0.25, 0.3) is 5.91 Å². The van der Waals surface area contributed by atoms with Gasteiger partial charge in [0.1, 0.15) is 0 Å². The van der Waals surface area contributed by atoms with Crippen molar-refractivity contribution in [3.8, 4) is 0 Å². The summed E-state index contributed by atoms with van der Waals surface area (Å²) in [4.78, 5) is 18.1. The van der Waals surface area contributed by atoms with Crippen LogP contribution in [0.3, 0.4) is 0 Å². The molecule has 0 atom stereocenters. The lowest BCUT2D eigenvalue weighted by atomic mass is 10.2. The third-order valence-corrected chi connectivity index (χ3v) is 3.12. The Kier molecular flexibility index (Phi) is 3.94. The van der Waals surface area contributed by atoms with E-state index < -0.39 is 0 Å². The van der Waals surface area contributed by atoms with Gasteiger partial charge in [-0.15, -0.1) is 0 Å². The minimum absolute atomic E-state index is 0.0389. The summed E-state index contributed by atoms with van der Waals surface area (Å²) in [5.74, 6) is -0.0389. The molecule has 0 aliphatic carbocycles. The van der Waals surface area contributed by atoms with Gasteiger partial charge in [0.05, 0.1) is 0 Å². The molecule has 5 heteroatoms. The first-order valence-corrected chi connectivity index (χ1v) is 6.30. The van der Waals surface area contributed by atoms with Gasteiger partial charge in [-0.3, -0.25) is 14.5 Å². The summed E-state index contributed by atoms with van der Waals surface area (Å²) in [6.45, 7) is 5.13. The highest BCUT2D eigenvalue weighted by Gasteiger charge is 2.17. The molecular weight excluding hydrogens is 240 g/mol. The third kappa shape index (κ3) is 2.99. The molecule has 0 N–H and O–H groups in total. The second kappa shape index (κ2) is 5.65. The fraction of sp³-hybridized carbons (Fsp3) is 0.357. The minimum Gasteiger partial charge on any atom is -0.333 e. The Balaban J connectivity index is 2.15. The molecule has 5 nitrogen and oxygen atoms in total. The zero-order chi connectivity index (χ0) is 13.8. The zero-order valence-electron chi connectivity index (χ0n) is 11.5. The highest BCUT2D eigenvalue weighted by molar-refractivity contribution is 5.92.